The molecule has 0 saturated heterocycles. The number of aromatic nitrogens is 2. The molecule has 0 spiro atoms. The lowest BCUT2D eigenvalue weighted by molar-refractivity contribution is 1.13. The second kappa shape index (κ2) is 10.4. The number of aryl methyl sites for hydroxylation is 2. The minimum absolute atomic E-state index is 0.892. The van der Waals surface area contributed by atoms with Crippen molar-refractivity contribution in [3.05, 3.63) is 151 Å². The van der Waals surface area contributed by atoms with Gasteiger partial charge in [0.1, 0.15) is 0 Å². The number of anilines is 3. The highest BCUT2D eigenvalue weighted by molar-refractivity contribution is 5.92. The molecule has 0 N–H and O–H groups in total. The van der Waals surface area contributed by atoms with Crippen molar-refractivity contribution in [2.45, 2.75) is 13.8 Å². The smallest absolute Gasteiger partial charge is 0.0968 e. The van der Waals surface area contributed by atoms with Gasteiger partial charge < -0.3 is 4.90 Å². The summed E-state index contributed by atoms with van der Waals surface area (Å²) in [4.78, 5) is 12.0. The summed E-state index contributed by atoms with van der Waals surface area (Å²) in [6.45, 7) is 4.09. The van der Waals surface area contributed by atoms with Crippen molar-refractivity contribution in [2.24, 2.45) is 0 Å². The van der Waals surface area contributed by atoms with Crippen molar-refractivity contribution in [3.8, 4) is 22.5 Å². The van der Waals surface area contributed by atoms with Crippen LogP contribution in [-0.2, 0) is 0 Å². The maximum absolute atomic E-state index is 4.93. The summed E-state index contributed by atoms with van der Waals surface area (Å²) in [6.07, 6.45) is 1.84. The van der Waals surface area contributed by atoms with Gasteiger partial charge in [0.25, 0.3) is 0 Å². The molecule has 7 aromatic rings. The standard InChI is InChI=1S/C38H29N3/c1-26-11-13-30(14-12-26)37-38(40-27(2)25-39-37)31-17-19-34(20-18-31)41(35-21-15-28-7-3-5-9-32(28)23-35)36-22-16-29-8-4-6-10-33(29)24-36/h3-25H,1-2H3. The molecule has 0 aliphatic carbocycles. The Bertz CT molecular complexity index is 1930. The molecule has 196 valence electrons. The average molecular weight is 528 g/mol. The fourth-order valence-corrected chi connectivity index (χ4v) is 5.45. The molecule has 0 aliphatic rings. The van der Waals surface area contributed by atoms with E-state index in [9.17, 15) is 0 Å². The van der Waals surface area contributed by atoms with E-state index in [0.717, 1.165) is 45.3 Å². The van der Waals surface area contributed by atoms with E-state index in [-0.39, 0.29) is 0 Å². The maximum atomic E-state index is 4.93. The molecule has 0 aliphatic heterocycles. The first-order valence-corrected chi connectivity index (χ1v) is 13.9. The zero-order valence-electron chi connectivity index (χ0n) is 23.1. The summed E-state index contributed by atoms with van der Waals surface area (Å²) in [6, 6.07) is 47.5. The lowest BCUT2D eigenvalue weighted by Gasteiger charge is -2.26. The monoisotopic (exact) mass is 527 g/mol. The van der Waals surface area contributed by atoms with E-state index < -0.39 is 0 Å². The molecule has 3 heteroatoms. The van der Waals surface area contributed by atoms with E-state index in [1.54, 1.807) is 0 Å². The first-order chi connectivity index (χ1) is 20.1. The highest BCUT2D eigenvalue weighted by atomic mass is 15.1. The van der Waals surface area contributed by atoms with Crippen molar-refractivity contribution < 1.29 is 0 Å². The first-order valence-electron chi connectivity index (χ1n) is 13.9. The topological polar surface area (TPSA) is 29.0 Å². The number of nitrogens with zero attached hydrogens (tertiary/aromatic N) is 3. The summed E-state index contributed by atoms with van der Waals surface area (Å²) in [7, 11) is 0. The normalized spacial score (nSPS) is 11.2. The Balaban J connectivity index is 1.35. The molecule has 0 radical (unpaired) electrons. The number of benzene rings is 6. The molecule has 0 amide bonds. The van der Waals surface area contributed by atoms with Gasteiger partial charge in [-0.25, -0.2) is 4.98 Å². The third kappa shape index (κ3) is 4.83. The largest absolute Gasteiger partial charge is 0.310 e. The zero-order chi connectivity index (χ0) is 27.8. The van der Waals surface area contributed by atoms with Gasteiger partial charge in [0.05, 0.1) is 17.1 Å². The van der Waals surface area contributed by atoms with Crippen LogP contribution in [0.4, 0.5) is 17.1 Å². The molecular formula is C38H29N3. The average Bonchev–Trinajstić information content (AvgIpc) is 3.02. The first kappa shape index (κ1) is 24.7. The third-order valence-corrected chi connectivity index (χ3v) is 7.60. The van der Waals surface area contributed by atoms with Gasteiger partial charge in [-0.1, -0.05) is 103 Å². The van der Waals surface area contributed by atoms with Gasteiger partial charge >= 0.3 is 0 Å². The molecule has 0 bridgehead atoms. The molecule has 1 aromatic heterocycles. The lowest BCUT2D eigenvalue weighted by Crippen LogP contribution is -2.10. The minimum Gasteiger partial charge on any atom is -0.310 e. The fraction of sp³-hybridized carbons (Fsp3) is 0.0526. The van der Waals surface area contributed by atoms with Crippen LogP contribution in [-0.4, -0.2) is 9.97 Å². The predicted molar refractivity (Wildman–Crippen MR) is 172 cm³/mol. The number of hydrogen-bond donors (Lipinski definition) is 0. The SMILES string of the molecule is Cc1ccc(-c2ncc(C)nc2-c2ccc(N(c3ccc4ccccc4c3)c3ccc4ccccc4c3)cc2)cc1. The van der Waals surface area contributed by atoms with Crippen molar-refractivity contribution in [1.29, 1.82) is 0 Å². The van der Waals surface area contributed by atoms with Gasteiger partial charge in [-0.2, -0.15) is 0 Å². The summed E-state index contributed by atoms with van der Waals surface area (Å²) in [5.41, 5.74) is 9.32. The van der Waals surface area contributed by atoms with Crippen LogP contribution in [0.3, 0.4) is 0 Å². The zero-order valence-corrected chi connectivity index (χ0v) is 23.1. The summed E-state index contributed by atoms with van der Waals surface area (Å²) in [5.74, 6) is 0. The Morgan fingerprint density at radius 1 is 0.463 bits per heavy atom. The van der Waals surface area contributed by atoms with Crippen LogP contribution in [0.25, 0.3) is 44.1 Å². The summed E-state index contributed by atoms with van der Waals surface area (Å²) < 4.78 is 0. The lowest BCUT2D eigenvalue weighted by atomic mass is 10.0. The van der Waals surface area contributed by atoms with Crippen molar-refractivity contribution in [1.82, 2.24) is 9.97 Å². The van der Waals surface area contributed by atoms with Crippen molar-refractivity contribution in [2.75, 3.05) is 4.90 Å². The van der Waals surface area contributed by atoms with Gasteiger partial charge in [0.15, 0.2) is 0 Å². The summed E-state index contributed by atoms with van der Waals surface area (Å²) >= 11 is 0. The van der Waals surface area contributed by atoms with Crippen LogP contribution < -0.4 is 4.90 Å². The second-order valence-electron chi connectivity index (χ2n) is 10.5. The van der Waals surface area contributed by atoms with E-state index in [1.807, 2.05) is 13.1 Å². The van der Waals surface area contributed by atoms with E-state index in [1.165, 1.54) is 27.1 Å². The molecule has 6 aromatic carbocycles. The van der Waals surface area contributed by atoms with Crippen LogP contribution in [0.2, 0.25) is 0 Å². The molecule has 41 heavy (non-hydrogen) atoms. The fourth-order valence-electron chi connectivity index (χ4n) is 5.45. The Hall–Kier alpha value is -5.28. The van der Waals surface area contributed by atoms with Crippen molar-refractivity contribution >= 4 is 38.6 Å². The maximum Gasteiger partial charge on any atom is 0.0968 e. The van der Waals surface area contributed by atoms with Crippen LogP contribution in [0.5, 0.6) is 0 Å². The predicted octanol–water partition coefficient (Wildman–Crippen LogP) is 10.2. The Morgan fingerprint density at radius 2 is 0.951 bits per heavy atom. The highest BCUT2D eigenvalue weighted by Gasteiger charge is 2.16. The van der Waals surface area contributed by atoms with E-state index in [2.05, 4.69) is 145 Å². The van der Waals surface area contributed by atoms with E-state index in [4.69, 9.17) is 9.97 Å². The summed E-state index contributed by atoms with van der Waals surface area (Å²) in [5, 5.41) is 4.88. The minimum atomic E-state index is 0.892. The number of rotatable bonds is 5. The Morgan fingerprint density at radius 3 is 1.54 bits per heavy atom. The van der Waals surface area contributed by atoms with Crippen LogP contribution in [0.15, 0.2) is 140 Å². The molecule has 3 nitrogen and oxygen atoms in total. The molecule has 0 atom stereocenters. The van der Waals surface area contributed by atoms with Gasteiger partial charge in [-0.05, 0) is 71.8 Å². The highest BCUT2D eigenvalue weighted by Crippen LogP contribution is 2.39. The molecule has 0 saturated carbocycles. The molecule has 1 heterocycles. The molecule has 7 rings (SSSR count). The van der Waals surface area contributed by atoms with Gasteiger partial charge in [0, 0.05) is 34.4 Å². The number of hydrogen-bond acceptors (Lipinski definition) is 3. The van der Waals surface area contributed by atoms with E-state index >= 15 is 0 Å². The van der Waals surface area contributed by atoms with Gasteiger partial charge in [-0.15, -0.1) is 0 Å². The Kier molecular flexibility index (Phi) is 6.25. The third-order valence-electron chi connectivity index (χ3n) is 7.60. The molecular weight excluding hydrogens is 498 g/mol. The molecule has 0 fully saturated rings. The van der Waals surface area contributed by atoms with Crippen LogP contribution in [0, 0.1) is 13.8 Å². The number of fused-ring (bicyclic) bond motifs is 2. The van der Waals surface area contributed by atoms with Gasteiger partial charge in [-0.3, -0.25) is 4.98 Å². The molecule has 0 unspecified atom stereocenters. The Labute approximate surface area is 240 Å². The quantitative estimate of drug-likeness (QED) is 0.223. The van der Waals surface area contributed by atoms with Crippen LogP contribution in [0.1, 0.15) is 11.3 Å². The van der Waals surface area contributed by atoms with Crippen molar-refractivity contribution in [3.63, 3.8) is 0 Å². The second-order valence-corrected chi connectivity index (χ2v) is 10.5. The van der Waals surface area contributed by atoms with Gasteiger partial charge in [0.2, 0.25) is 0 Å². The van der Waals surface area contributed by atoms with Crippen LogP contribution >= 0.6 is 0 Å². The van der Waals surface area contributed by atoms with E-state index in [0.29, 0.717) is 0 Å².